The van der Waals surface area contributed by atoms with Crippen LogP contribution in [-0.2, 0) is 38.1 Å². The minimum absolute atomic E-state index is 0.000862. The number of piperidine rings is 1. The molecule has 162 valence electrons. The number of likely N-dealkylation sites (tertiary alicyclic amines) is 1. The summed E-state index contributed by atoms with van der Waals surface area (Å²) in [6, 6.07) is -0.324. The maximum Gasteiger partial charge on any atom is 0.331 e. The predicted molar refractivity (Wildman–Crippen MR) is 103 cm³/mol. The Bertz CT molecular complexity index is 564. The van der Waals surface area contributed by atoms with Gasteiger partial charge < -0.3 is 18.9 Å². The summed E-state index contributed by atoms with van der Waals surface area (Å²) < 4.78 is 19.8. The van der Waals surface area contributed by atoms with Crippen LogP contribution in [0.4, 0.5) is 0 Å². The Morgan fingerprint density at radius 3 is 1.45 bits per heavy atom. The van der Waals surface area contributed by atoms with Crippen molar-refractivity contribution in [3.63, 3.8) is 0 Å². The molecule has 1 heterocycles. The highest BCUT2D eigenvalue weighted by molar-refractivity contribution is 5.92. The summed E-state index contributed by atoms with van der Waals surface area (Å²) >= 11 is 0. The molecule has 0 aromatic carbocycles. The van der Waals surface area contributed by atoms with Gasteiger partial charge in [-0.3, -0.25) is 4.90 Å². The summed E-state index contributed by atoms with van der Waals surface area (Å²) in [6.45, 7) is 5.36. The second kappa shape index (κ2) is 14.3. The normalized spacial score (nSPS) is 14.9. The molecule has 0 spiro atoms. The zero-order valence-corrected chi connectivity index (χ0v) is 17.0. The average molecular weight is 411 g/mol. The van der Waals surface area contributed by atoms with E-state index in [-0.39, 0.29) is 32.5 Å². The van der Waals surface area contributed by atoms with Gasteiger partial charge in [0.15, 0.2) is 0 Å². The van der Waals surface area contributed by atoms with Crippen LogP contribution >= 0.6 is 0 Å². The molecule has 9 nitrogen and oxygen atoms in total. The molecule has 0 aromatic heterocycles. The number of esters is 4. The van der Waals surface area contributed by atoms with Gasteiger partial charge in [-0.25, -0.2) is 19.2 Å². The Morgan fingerprint density at radius 2 is 1.07 bits per heavy atom. The van der Waals surface area contributed by atoms with Crippen molar-refractivity contribution in [3.05, 3.63) is 24.3 Å². The number of carbonyl (C=O) groups is 4. The highest BCUT2D eigenvalue weighted by atomic mass is 16.6. The molecule has 0 bridgehead atoms. The molecule has 0 atom stereocenters. The van der Waals surface area contributed by atoms with Gasteiger partial charge in [0.05, 0.1) is 19.3 Å². The lowest BCUT2D eigenvalue weighted by Gasteiger charge is -2.33. The van der Waals surface area contributed by atoms with E-state index in [0.717, 1.165) is 56.7 Å². The first-order valence-electron chi connectivity index (χ1n) is 9.73. The van der Waals surface area contributed by atoms with E-state index in [9.17, 15) is 19.2 Å². The van der Waals surface area contributed by atoms with Gasteiger partial charge in [-0.1, -0.05) is 6.42 Å². The summed E-state index contributed by atoms with van der Waals surface area (Å²) in [7, 11) is 0. The molecule has 0 N–H and O–H groups in total. The number of carbonyl (C=O) groups excluding carboxylic acids is 4. The fourth-order valence-corrected chi connectivity index (χ4v) is 2.65. The quantitative estimate of drug-likeness (QED) is 0.281. The van der Waals surface area contributed by atoms with Crippen LogP contribution in [0.2, 0.25) is 0 Å². The topological polar surface area (TPSA) is 108 Å². The largest absolute Gasteiger partial charge is 0.463 e. The first-order valence-corrected chi connectivity index (χ1v) is 9.73. The molecule has 1 aliphatic heterocycles. The Labute approximate surface area is 170 Å². The van der Waals surface area contributed by atoms with Gasteiger partial charge >= 0.3 is 23.9 Å². The molecular weight excluding hydrogens is 382 g/mol. The van der Waals surface area contributed by atoms with E-state index in [1.54, 1.807) is 13.8 Å². The van der Waals surface area contributed by atoms with Crippen molar-refractivity contribution < 1.29 is 38.1 Å². The van der Waals surface area contributed by atoms with E-state index in [0.29, 0.717) is 0 Å². The minimum Gasteiger partial charge on any atom is -0.463 e. The molecule has 0 radical (unpaired) electrons. The van der Waals surface area contributed by atoms with Crippen LogP contribution in [0.25, 0.3) is 0 Å². The Hall–Kier alpha value is -2.68. The third kappa shape index (κ3) is 11.0. The molecule has 0 unspecified atom stereocenters. The van der Waals surface area contributed by atoms with Crippen LogP contribution in [-0.4, -0.2) is 74.3 Å². The number of ether oxygens (including phenoxy) is 4. The molecule has 0 saturated carbocycles. The predicted octanol–water partition coefficient (Wildman–Crippen LogP) is 1.17. The number of hydrogen-bond donors (Lipinski definition) is 0. The van der Waals surface area contributed by atoms with Gasteiger partial charge in [0.25, 0.3) is 0 Å². The molecule has 29 heavy (non-hydrogen) atoms. The van der Waals surface area contributed by atoms with Crippen LogP contribution < -0.4 is 0 Å². The van der Waals surface area contributed by atoms with Crippen molar-refractivity contribution in [2.75, 3.05) is 39.5 Å². The van der Waals surface area contributed by atoms with Gasteiger partial charge in [0.2, 0.25) is 0 Å². The van der Waals surface area contributed by atoms with E-state index in [1.165, 1.54) is 0 Å². The number of rotatable bonds is 11. The Kier molecular flexibility index (Phi) is 12.0. The van der Waals surface area contributed by atoms with E-state index in [1.807, 2.05) is 0 Å². The molecular formula is C20H29NO8. The second-order valence-corrected chi connectivity index (χ2v) is 6.18. The van der Waals surface area contributed by atoms with Crippen molar-refractivity contribution in [2.45, 2.75) is 39.2 Å². The van der Waals surface area contributed by atoms with E-state index >= 15 is 0 Å². The molecule has 1 saturated heterocycles. The first kappa shape index (κ1) is 24.4. The lowest BCUT2D eigenvalue weighted by molar-refractivity contribution is -0.145. The first-order chi connectivity index (χ1) is 14.0. The van der Waals surface area contributed by atoms with Crippen LogP contribution in [0.3, 0.4) is 0 Å². The maximum atomic E-state index is 11.8. The zero-order chi connectivity index (χ0) is 21.5. The third-order valence-electron chi connectivity index (χ3n) is 4.03. The smallest absolute Gasteiger partial charge is 0.331 e. The summed E-state index contributed by atoms with van der Waals surface area (Å²) in [4.78, 5) is 48.2. The van der Waals surface area contributed by atoms with Gasteiger partial charge in [-0.05, 0) is 39.8 Å². The maximum absolute atomic E-state index is 11.8. The van der Waals surface area contributed by atoms with Gasteiger partial charge in [0.1, 0.15) is 13.2 Å². The lowest BCUT2D eigenvalue weighted by atomic mass is 10.1. The second-order valence-electron chi connectivity index (χ2n) is 6.18. The molecule has 0 aliphatic carbocycles. The average Bonchev–Trinajstić information content (AvgIpc) is 2.72. The molecule has 9 heteroatoms. The van der Waals surface area contributed by atoms with Crippen molar-refractivity contribution in [3.8, 4) is 0 Å². The molecule has 1 rings (SSSR count). The number of nitrogens with zero attached hydrogens (tertiary/aromatic N) is 1. The van der Waals surface area contributed by atoms with E-state index in [4.69, 9.17) is 18.9 Å². The monoisotopic (exact) mass is 411 g/mol. The highest BCUT2D eigenvalue weighted by Gasteiger charge is 2.23. The summed E-state index contributed by atoms with van der Waals surface area (Å²) in [6.07, 6.45) is 7.13. The van der Waals surface area contributed by atoms with Crippen LogP contribution in [0.1, 0.15) is 33.1 Å². The summed E-state index contributed by atoms with van der Waals surface area (Å²) in [5.41, 5.74) is 0. The van der Waals surface area contributed by atoms with E-state index < -0.39 is 23.9 Å². The number of hydrogen-bond acceptors (Lipinski definition) is 9. The van der Waals surface area contributed by atoms with Crippen LogP contribution in [0, 0.1) is 0 Å². The van der Waals surface area contributed by atoms with Gasteiger partial charge in [-0.15, -0.1) is 0 Å². The van der Waals surface area contributed by atoms with Crippen molar-refractivity contribution in [2.24, 2.45) is 0 Å². The summed E-state index contributed by atoms with van der Waals surface area (Å²) in [5, 5.41) is 0. The van der Waals surface area contributed by atoms with Crippen molar-refractivity contribution in [1.29, 1.82) is 0 Å². The van der Waals surface area contributed by atoms with Gasteiger partial charge in [-0.2, -0.15) is 0 Å². The SMILES string of the molecule is CCOC(=O)/C=C/C(=O)OCC(COC(=O)/C=C/C(=O)OCC)N1CCCCC1. The molecule has 1 aliphatic rings. The fourth-order valence-electron chi connectivity index (χ4n) is 2.65. The lowest BCUT2D eigenvalue weighted by Crippen LogP contribution is -2.45. The zero-order valence-electron chi connectivity index (χ0n) is 17.0. The fraction of sp³-hybridized carbons (Fsp3) is 0.600. The van der Waals surface area contributed by atoms with E-state index in [2.05, 4.69) is 4.90 Å². The standard InChI is InChI=1S/C20H29NO8/c1-3-26-17(22)8-10-19(24)28-14-16(21-12-6-5-7-13-21)15-29-20(25)11-9-18(23)27-4-2/h8-11,16H,3-7,12-15H2,1-2H3/b10-8+,11-9+. The molecule has 0 aromatic rings. The van der Waals surface area contributed by atoms with Crippen LogP contribution in [0.5, 0.6) is 0 Å². The van der Waals surface area contributed by atoms with Crippen molar-refractivity contribution >= 4 is 23.9 Å². The summed E-state index contributed by atoms with van der Waals surface area (Å²) in [5.74, 6) is -2.62. The molecule has 1 fully saturated rings. The highest BCUT2D eigenvalue weighted by Crippen LogP contribution is 2.13. The van der Waals surface area contributed by atoms with Gasteiger partial charge in [0, 0.05) is 24.3 Å². The third-order valence-corrected chi connectivity index (χ3v) is 4.03. The van der Waals surface area contributed by atoms with Crippen molar-refractivity contribution in [1.82, 2.24) is 4.90 Å². The molecule has 0 amide bonds. The Morgan fingerprint density at radius 1 is 0.690 bits per heavy atom. The van der Waals surface area contributed by atoms with Crippen LogP contribution in [0.15, 0.2) is 24.3 Å². The Balaban J connectivity index is 2.55. The minimum atomic E-state index is -0.686.